The number of rotatable bonds is 6. The molecule has 0 unspecified atom stereocenters. The summed E-state index contributed by atoms with van der Waals surface area (Å²) >= 11 is 0. The van der Waals surface area contributed by atoms with E-state index in [0.717, 1.165) is 30.4 Å². The third kappa shape index (κ3) is 3.32. The lowest BCUT2D eigenvalue weighted by Gasteiger charge is -2.38. The van der Waals surface area contributed by atoms with E-state index in [1.807, 2.05) is 12.4 Å². The summed E-state index contributed by atoms with van der Waals surface area (Å²) in [5.41, 5.74) is 1.02. The lowest BCUT2D eigenvalue weighted by atomic mass is 9.73. The van der Waals surface area contributed by atoms with E-state index >= 15 is 0 Å². The molecule has 5 heteroatoms. The Hall–Kier alpha value is -1.52. The highest BCUT2D eigenvalue weighted by Crippen LogP contribution is 2.35. The Bertz CT molecular complexity index is 472. The topological polar surface area (TPSA) is 59.0 Å². The van der Waals surface area contributed by atoms with E-state index in [9.17, 15) is 4.79 Å². The Labute approximate surface area is 120 Å². The predicted molar refractivity (Wildman–Crippen MR) is 78.4 cm³/mol. The van der Waals surface area contributed by atoms with Crippen LogP contribution in [-0.4, -0.2) is 27.8 Å². The zero-order valence-electron chi connectivity index (χ0n) is 12.3. The first-order chi connectivity index (χ1) is 9.60. The summed E-state index contributed by atoms with van der Waals surface area (Å²) in [5.74, 6) is 1.69. The van der Waals surface area contributed by atoms with Gasteiger partial charge >= 0.3 is 0 Å². The fourth-order valence-corrected chi connectivity index (χ4v) is 2.73. The Morgan fingerprint density at radius 2 is 2.15 bits per heavy atom. The molecule has 2 N–H and O–H groups in total. The van der Waals surface area contributed by atoms with Crippen molar-refractivity contribution >= 4 is 11.6 Å². The molecular formula is C15H24N4O. The molecule has 2 aliphatic rings. The van der Waals surface area contributed by atoms with Gasteiger partial charge in [0.2, 0.25) is 5.91 Å². The minimum Gasteiger partial charge on any atom is -0.380 e. The van der Waals surface area contributed by atoms with E-state index in [-0.39, 0.29) is 5.91 Å². The van der Waals surface area contributed by atoms with E-state index in [4.69, 9.17) is 0 Å². The second-order valence-corrected chi connectivity index (χ2v) is 6.59. The van der Waals surface area contributed by atoms with Crippen molar-refractivity contribution < 1.29 is 4.79 Å². The first kappa shape index (κ1) is 13.5. The Balaban J connectivity index is 1.43. The minimum absolute atomic E-state index is 0.0608. The second-order valence-electron chi connectivity index (χ2n) is 6.59. The summed E-state index contributed by atoms with van der Waals surface area (Å²) in [7, 11) is 0. The SMILES string of the molecule is CC(C)C1CC(Nc2cnn(CC(=O)NC3CC3)c2)C1. The van der Waals surface area contributed by atoms with Gasteiger partial charge in [0, 0.05) is 18.3 Å². The van der Waals surface area contributed by atoms with Crippen LogP contribution in [0.25, 0.3) is 0 Å². The molecule has 0 spiro atoms. The molecule has 2 aliphatic carbocycles. The van der Waals surface area contributed by atoms with Gasteiger partial charge in [-0.25, -0.2) is 0 Å². The normalized spacial score (nSPS) is 25.4. The molecule has 1 aromatic heterocycles. The van der Waals surface area contributed by atoms with E-state index < -0.39 is 0 Å². The van der Waals surface area contributed by atoms with Gasteiger partial charge in [0.05, 0.1) is 11.9 Å². The molecule has 1 amide bonds. The molecule has 0 aromatic carbocycles. The number of amides is 1. The molecule has 1 heterocycles. The Morgan fingerprint density at radius 1 is 1.40 bits per heavy atom. The maximum absolute atomic E-state index is 11.7. The van der Waals surface area contributed by atoms with Crippen LogP contribution in [0.2, 0.25) is 0 Å². The van der Waals surface area contributed by atoms with Gasteiger partial charge in [0.15, 0.2) is 0 Å². The summed E-state index contributed by atoms with van der Waals surface area (Å²) in [4.78, 5) is 11.7. The van der Waals surface area contributed by atoms with E-state index in [0.29, 0.717) is 18.6 Å². The summed E-state index contributed by atoms with van der Waals surface area (Å²) in [6, 6.07) is 0.985. The van der Waals surface area contributed by atoms with Gasteiger partial charge in [-0.15, -0.1) is 0 Å². The molecule has 1 aromatic rings. The first-order valence-electron chi connectivity index (χ1n) is 7.68. The van der Waals surface area contributed by atoms with Gasteiger partial charge in [-0.2, -0.15) is 5.10 Å². The predicted octanol–water partition coefficient (Wildman–Crippen LogP) is 2.01. The number of nitrogens with zero attached hydrogens (tertiary/aromatic N) is 2. The fraction of sp³-hybridized carbons (Fsp3) is 0.733. The molecule has 110 valence electrons. The van der Waals surface area contributed by atoms with Crippen molar-refractivity contribution in [3.63, 3.8) is 0 Å². The highest BCUT2D eigenvalue weighted by molar-refractivity contribution is 5.76. The maximum Gasteiger partial charge on any atom is 0.241 e. The molecule has 20 heavy (non-hydrogen) atoms. The van der Waals surface area contributed by atoms with E-state index in [1.165, 1.54) is 12.8 Å². The van der Waals surface area contributed by atoms with Crippen molar-refractivity contribution in [3.05, 3.63) is 12.4 Å². The van der Waals surface area contributed by atoms with Crippen LogP contribution >= 0.6 is 0 Å². The Kier molecular flexibility index (Phi) is 3.68. The van der Waals surface area contributed by atoms with Crippen molar-refractivity contribution in [2.75, 3.05) is 5.32 Å². The van der Waals surface area contributed by atoms with Gasteiger partial charge in [0.25, 0.3) is 0 Å². The molecule has 0 radical (unpaired) electrons. The summed E-state index contributed by atoms with van der Waals surface area (Å²) < 4.78 is 1.71. The summed E-state index contributed by atoms with van der Waals surface area (Å²) in [5, 5.41) is 10.7. The minimum atomic E-state index is 0.0608. The monoisotopic (exact) mass is 276 g/mol. The van der Waals surface area contributed by atoms with Crippen LogP contribution in [-0.2, 0) is 11.3 Å². The number of nitrogens with one attached hydrogen (secondary N) is 2. The average Bonchev–Trinajstić information content (AvgIpc) is 3.01. The second kappa shape index (κ2) is 5.46. The quantitative estimate of drug-likeness (QED) is 0.835. The van der Waals surface area contributed by atoms with E-state index in [1.54, 1.807) is 4.68 Å². The van der Waals surface area contributed by atoms with Crippen LogP contribution in [0.3, 0.4) is 0 Å². The zero-order valence-corrected chi connectivity index (χ0v) is 12.3. The first-order valence-corrected chi connectivity index (χ1v) is 7.68. The van der Waals surface area contributed by atoms with Crippen molar-refractivity contribution in [2.45, 2.75) is 58.2 Å². The van der Waals surface area contributed by atoms with Gasteiger partial charge in [-0.05, 0) is 37.5 Å². The third-order valence-corrected chi connectivity index (χ3v) is 4.37. The lowest BCUT2D eigenvalue weighted by molar-refractivity contribution is -0.122. The van der Waals surface area contributed by atoms with E-state index in [2.05, 4.69) is 29.6 Å². The van der Waals surface area contributed by atoms with Crippen LogP contribution in [0.5, 0.6) is 0 Å². The van der Waals surface area contributed by atoms with Gasteiger partial charge in [-0.3, -0.25) is 9.48 Å². The maximum atomic E-state index is 11.7. The molecular weight excluding hydrogens is 252 g/mol. The van der Waals surface area contributed by atoms with Gasteiger partial charge in [-0.1, -0.05) is 13.8 Å². The van der Waals surface area contributed by atoms with Crippen LogP contribution in [0.15, 0.2) is 12.4 Å². The molecule has 3 rings (SSSR count). The highest BCUT2D eigenvalue weighted by Gasteiger charge is 2.31. The zero-order chi connectivity index (χ0) is 14.1. The van der Waals surface area contributed by atoms with Crippen molar-refractivity contribution in [1.82, 2.24) is 15.1 Å². The van der Waals surface area contributed by atoms with Crippen LogP contribution in [0, 0.1) is 11.8 Å². The van der Waals surface area contributed by atoms with Crippen molar-refractivity contribution in [1.29, 1.82) is 0 Å². The smallest absolute Gasteiger partial charge is 0.241 e. The van der Waals surface area contributed by atoms with Gasteiger partial charge in [0.1, 0.15) is 6.54 Å². The molecule has 0 atom stereocenters. The lowest BCUT2D eigenvalue weighted by Crippen LogP contribution is -2.37. The number of carbonyl (C=O) groups is 1. The fourth-order valence-electron chi connectivity index (χ4n) is 2.73. The number of hydrogen-bond acceptors (Lipinski definition) is 3. The molecule has 2 fully saturated rings. The Morgan fingerprint density at radius 3 is 2.80 bits per heavy atom. The summed E-state index contributed by atoms with van der Waals surface area (Å²) in [6.07, 6.45) is 8.46. The molecule has 2 saturated carbocycles. The molecule has 0 saturated heterocycles. The summed E-state index contributed by atoms with van der Waals surface area (Å²) in [6.45, 7) is 4.90. The number of anilines is 1. The van der Waals surface area contributed by atoms with Gasteiger partial charge < -0.3 is 10.6 Å². The standard InChI is InChI=1S/C15H24N4O/c1-10(2)11-5-13(6-11)17-14-7-16-19(8-14)9-15(20)18-12-3-4-12/h7-8,10-13,17H,3-6,9H2,1-2H3,(H,18,20). The number of hydrogen-bond donors (Lipinski definition) is 2. The molecule has 0 bridgehead atoms. The number of carbonyl (C=O) groups excluding carboxylic acids is 1. The van der Waals surface area contributed by atoms with Crippen LogP contribution in [0.4, 0.5) is 5.69 Å². The average molecular weight is 276 g/mol. The van der Waals surface area contributed by atoms with Crippen LogP contribution < -0.4 is 10.6 Å². The highest BCUT2D eigenvalue weighted by atomic mass is 16.2. The largest absolute Gasteiger partial charge is 0.380 e. The van der Waals surface area contributed by atoms with Crippen molar-refractivity contribution in [3.8, 4) is 0 Å². The molecule has 0 aliphatic heterocycles. The van der Waals surface area contributed by atoms with Crippen LogP contribution in [0.1, 0.15) is 39.5 Å². The van der Waals surface area contributed by atoms with Crippen molar-refractivity contribution in [2.24, 2.45) is 11.8 Å². The number of aromatic nitrogens is 2. The third-order valence-electron chi connectivity index (χ3n) is 4.37. The molecule has 5 nitrogen and oxygen atoms in total.